The Morgan fingerprint density at radius 3 is 2.79 bits per heavy atom. The Balaban J connectivity index is 1.63. The number of hydrogen-bond acceptors (Lipinski definition) is 8. The van der Waals surface area contributed by atoms with Crippen LogP contribution in [0.4, 0.5) is 17.2 Å². The second kappa shape index (κ2) is 9.19. The molecule has 28 heavy (non-hydrogen) atoms. The van der Waals surface area contributed by atoms with E-state index in [1.807, 2.05) is 6.07 Å². The fraction of sp³-hybridized carbons (Fsp3) is 0.105. The number of nitrogen functional groups attached to an aromatic ring is 1. The van der Waals surface area contributed by atoms with Crippen molar-refractivity contribution in [1.29, 1.82) is 0 Å². The monoisotopic (exact) mass is 377 g/mol. The molecule has 0 aliphatic carbocycles. The highest BCUT2D eigenvalue weighted by Crippen LogP contribution is 2.16. The van der Waals surface area contributed by atoms with E-state index < -0.39 is 0 Å². The van der Waals surface area contributed by atoms with Gasteiger partial charge in [0.15, 0.2) is 0 Å². The van der Waals surface area contributed by atoms with Crippen molar-refractivity contribution in [3.8, 4) is 0 Å². The van der Waals surface area contributed by atoms with Gasteiger partial charge in [-0.15, -0.1) is 0 Å². The molecule has 0 unspecified atom stereocenters. The van der Waals surface area contributed by atoms with Crippen LogP contribution >= 0.6 is 0 Å². The van der Waals surface area contributed by atoms with Crippen molar-refractivity contribution in [2.75, 3.05) is 23.0 Å². The van der Waals surface area contributed by atoms with E-state index in [-0.39, 0.29) is 18.2 Å². The quantitative estimate of drug-likeness (QED) is 0.488. The molecule has 0 aliphatic heterocycles. The summed E-state index contributed by atoms with van der Waals surface area (Å²) < 4.78 is 0. The predicted octanol–water partition coefficient (Wildman–Crippen LogP) is 1.72. The van der Waals surface area contributed by atoms with E-state index >= 15 is 0 Å². The van der Waals surface area contributed by atoms with E-state index in [0.717, 1.165) is 5.69 Å². The molecular weight excluding hydrogens is 358 g/mol. The van der Waals surface area contributed by atoms with Crippen LogP contribution in [-0.2, 0) is 6.54 Å². The van der Waals surface area contributed by atoms with E-state index in [0.29, 0.717) is 29.4 Å². The van der Waals surface area contributed by atoms with E-state index in [2.05, 4.69) is 30.6 Å². The molecule has 3 aromatic heterocycles. The van der Waals surface area contributed by atoms with Gasteiger partial charge < -0.3 is 21.5 Å². The third-order valence-electron chi connectivity index (χ3n) is 3.67. The summed E-state index contributed by atoms with van der Waals surface area (Å²) in [5.41, 5.74) is 8.55. The van der Waals surface area contributed by atoms with Crippen LogP contribution in [0.2, 0.25) is 0 Å². The summed E-state index contributed by atoms with van der Waals surface area (Å²) in [6.07, 6.45) is 9.21. The molecule has 0 atom stereocenters. The second-order valence-electron chi connectivity index (χ2n) is 5.69. The number of amides is 1. The highest BCUT2D eigenvalue weighted by molar-refractivity contribution is 6.02. The molecule has 3 aromatic rings. The number of anilines is 3. The fourth-order valence-electron chi connectivity index (χ4n) is 2.32. The molecule has 5 N–H and O–H groups in total. The van der Waals surface area contributed by atoms with Crippen LogP contribution < -0.4 is 16.4 Å². The van der Waals surface area contributed by atoms with Crippen LogP contribution in [0.1, 0.15) is 21.9 Å². The zero-order valence-electron chi connectivity index (χ0n) is 14.9. The van der Waals surface area contributed by atoms with Crippen molar-refractivity contribution < 1.29 is 9.90 Å². The molecule has 0 fully saturated rings. The van der Waals surface area contributed by atoms with Crippen LogP contribution in [-0.4, -0.2) is 37.6 Å². The molecule has 3 heterocycles. The van der Waals surface area contributed by atoms with Crippen molar-refractivity contribution in [2.24, 2.45) is 0 Å². The molecule has 9 heteroatoms. The minimum absolute atomic E-state index is 0.0868. The summed E-state index contributed by atoms with van der Waals surface area (Å²) in [7, 11) is 0. The Kier molecular flexibility index (Phi) is 6.21. The molecular formula is C19H19N7O2. The van der Waals surface area contributed by atoms with Gasteiger partial charge in [-0.25, -0.2) is 9.97 Å². The lowest BCUT2D eigenvalue weighted by Crippen LogP contribution is -2.14. The summed E-state index contributed by atoms with van der Waals surface area (Å²) in [5, 5.41) is 14.7. The largest absolute Gasteiger partial charge is 0.392 e. The topological polar surface area (TPSA) is 139 Å². The fourth-order valence-corrected chi connectivity index (χ4v) is 2.32. The normalized spacial score (nSPS) is 10.8. The predicted molar refractivity (Wildman–Crippen MR) is 106 cm³/mol. The van der Waals surface area contributed by atoms with Crippen molar-refractivity contribution in [3.05, 3.63) is 72.2 Å². The SMILES string of the molecule is Nc1ncccc1NCc1cc(NC(=O)c2cnc(/C=C/CO)cn2)ccn1. The van der Waals surface area contributed by atoms with Gasteiger partial charge in [-0.1, -0.05) is 6.08 Å². The van der Waals surface area contributed by atoms with Crippen molar-refractivity contribution in [2.45, 2.75) is 6.54 Å². The van der Waals surface area contributed by atoms with Gasteiger partial charge in [0, 0.05) is 18.1 Å². The third kappa shape index (κ3) is 5.08. The number of nitrogens with one attached hydrogen (secondary N) is 2. The van der Waals surface area contributed by atoms with Crippen molar-refractivity contribution in [1.82, 2.24) is 19.9 Å². The number of nitrogens with two attached hydrogens (primary N) is 1. The number of carbonyl (C=O) groups excluding carboxylic acids is 1. The molecule has 0 saturated heterocycles. The van der Waals surface area contributed by atoms with Crippen molar-refractivity contribution in [3.63, 3.8) is 0 Å². The Morgan fingerprint density at radius 2 is 2.04 bits per heavy atom. The van der Waals surface area contributed by atoms with E-state index in [1.54, 1.807) is 36.7 Å². The molecule has 0 aromatic carbocycles. The number of hydrogen-bond donors (Lipinski definition) is 4. The summed E-state index contributed by atoms with van der Waals surface area (Å²) in [4.78, 5) is 28.8. The minimum Gasteiger partial charge on any atom is -0.392 e. The number of carbonyl (C=O) groups is 1. The van der Waals surface area contributed by atoms with E-state index in [9.17, 15) is 4.79 Å². The van der Waals surface area contributed by atoms with Crippen LogP contribution in [0.3, 0.4) is 0 Å². The zero-order chi connectivity index (χ0) is 19.8. The molecule has 3 rings (SSSR count). The first kappa shape index (κ1) is 18.9. The zero-order valence-corrected chi connectivity index (χ0v) is 14.9. The van der Waals surface area contributed by atoms with Crippen LogP contribution in [0.15, 0.2) is 55.1 Å². The highest BCUT2D eigenvalue weighted by atomic mass is 16.2. The Morgan fingerprint density at radius 1 is 1.14 bits per heavy atom. The highest BCUT2D eigenvalue weighted by Gasteiger charge is 2.09. The first-order valence-corrected chi connectivity index (χ1v) is 8.46. The maximum absolute atomic E-state index is 12.3. The molecule has 1 amide bonds. The van der Waals surface area contributed by atoms with Gasteiger partial charge >= 0.3 is 0 Å². The summed E-state index contributed by atoms with van der Waals surface area (Å²) in [6.45, 7) is 0.335. The molecule has 9 nitrogen and oxygen atoms in total. The van der Waals surface area contributed by atoms with Gasteiger partial charge in [0.1, 0.15) is 11.5 Å². The maximum Gasteiger partial charge on any atom is 0.275 e. The molecule has 0 aliphatic rings. The van der Waals surface area contributed by atoms with Gasteiger partial charge in [-0.05, 0) is 30.3 Å². The maximum atomic E-state index is 12.3. The molecule has 0 bridgehead atoms. The second-order valence-corrected chi connectivity index (χ2v) is 5.69. The average molecular weight is 377 g/mol. The average Bonchev–Trinajstić information content (AvgIpc) is 2.72. The van der Waals surface area contributed by atoms with Gasteiger partial charge in [-0.2, -0.15) is 0 Å². The summed E-state index contributed by atoms with van der Waals surface area (Å²) in [6, 6.07) is 7.05. The van der Waals surface area contributed by atoms with E-state index in [1.165, 1.54) is 18.5 Å². The van der Waals surface area contributed by atoms with E-state index in [4.69, 9.17) is 10.8 Å². The van der Waals surface area contributed by atoms with Crippen molar-refractivity contribution >= 4 is 29.2 Å². The minimum atomic E-state index is -0.383. The van der Waals surface area contributed by atoms with Gasteiger partial charge in [0.2, 0.25) is 0 Å². The number of aromatic nitrogens is 4. The lowest BCUT2D eigenvalue weighted by molar-refractivity contribution is 0.102. The van der Waals surface area contributed by atoms with Crippen LogP contribution in [0.5, 0.6) is 0 Å². The lowest BCUT2D eigenvalue weighted by atomic mass is 10.3. The van der Waals surface area contributed by atoms with Gasteiger partial charge in [-0.3, -0.25) is 14.8 Å². The first-order valence-electron chi connectivity index (χ1n) is 8.46. The number of pyridine rings is 2. The standard InChI is InChI=1S/C19H19N7O2/c20-18-16(4-1-6-22-18)24-11-15-9-13(5-7-21-15)26-19(28)17-12-23-14(10-25-17)3-2-8-27/h1-7,9-10,12,24,27H,8,11H2,(H2,20,22)(H,21,26,28)/b3-2+. The Labute approximate surface area is 161 Å². The summed E-state index contributed by atoms with van der Waals surface area (Å²) >= 11 is 0. The summed E-state index contributed by atoms with van der Waals surface area (Å²) in [5.74, 6) is 0.0228. The molecule has 142 valence electrons. The molecule has 0 saturated carbocycles. The number of aliphatic hydroxyl groups is 1. The van der Waals surface area contributed by atoms with Gasteiger partial charge in [0.25, 0.3) is 5.91 Å². The molecule has 0 spiro atoms. The molecule has 0 radical (unpaired) electrons. The smallest absolute Gasteiger partial charge is 0.275 e. The number of aliphatic hydroxyl groups excluding tert-OH is 1. The third-order valence-corrected chi connectivity index (χ3v) is 3.67. The Hall–Kier alpha value is -3.85. The number of rotatable bonds is 7. The van der Waals surface area contributed by atoms with Crippen LogP contribution in [0.25, 0.3) is 6.08 Å². The lowest BCUT2D eigenvalue weighted by Gasteiger charge is -2.09. The number of nitrogens with zero attached hydrogens (tertiary/aromatic N) is 4. The Bertz CT molecular complexity index is 974. The van der Waals surface area contributed by atoms with Gasteiger partial charge in [0.05, 0.1) is 42.6 Å². The first-order chi connectivity index (χ1) is 13.7. The van der Waals surface area contributed by atoms with Crippen LogP contribution in [0, 0.1) is 0 Å².